The minimum atomic E-state index is 0.0646. The van der Waals surface area contributed by atoms with Crippen LogP contribution in [0.4, 0.5) is 0 Å². The van der Waals surface area contributed by atoms with Crippen LogP contribution < -0.4 is 10.9 Å². The van der Waals surface area contributed by atoms with Crippen molar-refractivity contribution in [2.24, 2.45) is 7.05 Å². The van der Waals surface area contributed by atoms with Gasteiger partial charge in [-0.15, -0.1) is 0 Å². The monoisotopic (exact) mass is 378 g/mol. The van der Waals surface area contributed by atoms with Crippen molar-refractivity contribution in [1.82, 2.24) is 19.9 Å². The van der Waals surface area contributed by atoms with Crippen LogP contribution >= 0.6 is 0 Å². The van der Waals surface area contributed by atoms with Gasteiger partial charge in [-0.05, 0) is 63.4 Å². The summed E-state index contributed by atoms with van der Waals surface area (Å²) in [6.07, 6.45) is 4.24. The van der Waals surface area contributed by atoms with Crippen molar-refractivity contribution in [3.63, 3.8) is 0 Å². The summed E-state index contributed by atoms with van der Waals surface area (Å²) in [4.78, 5) is 21.1. The molecule has 1 aliphatic rings. The van der Waals surface area contributed by atoms with E-state index < -0.39 is 0 Å². The largest absolute Gasteiger partial charge is 0.353 e. The molecule has 5 heteroatoms. The Bertz CT molecular complexity index is 1080. The van der Waals surface area contributed by atoms with Gasteiger partial charge in [-0.3, -0.25) is 9.78 Å². The standard InChI is InChI=1S/C23H30N4O/c1-13(2)20-21(17-12-27(5)23(28)15(4)14(17)3)26-19-7-6-18(25-22(19)20)16-8-10-24-11-9-16/h6-7,12-13,16,24,26H,8-11H2,1-5H3. The van der Waals surface area contributed by atoms with E-state index in [0.717, 1.165) is 59.3 Å². The predicted octanol–water partition coefficient (Wildman–Crippen LogP) is 4.14. The highest BCUT2D eigenvalue weighted by Crippen LogP contribution is 2.37. The van der Waals surface area contributed by atoms with Crippen molar-refractivity contribution in [1.29, 1.82) is 0 Å². The van der Waals surface area contributed by atoms with Gasteiger partial charge < -0.3 is 14.9 Å². The molecule has 0 amide bonds. The number of hydrogen-bond acceptors (Lipinski definition) is 3. The number of H-pyrrole nitrogens is 1. The number of rotatable bonds is 3. The summed E-state index contributed by atoms with van der Waals surface area (Å²) in [6, 6.07) is 4.36. The van der Waals surface area contributed by atoms with Crippen LogP contribution in [0.25, 0.3) is 22.3 Å². The van der Waals surface area contributed by atoms with Gasteiger partial charge in [0.15, 0.2) is 0 Å². The van der Waals surface area contributed by atoms with Crippen LogP contribution in [0, 0.1) is 13.8 Å². The van der Waals surface area contributed by atoms with Gasteiger partial charge in [-0.25, -0.2) is 0 Å². The van der Waals surface area contributed by atoms with Gasteiger partial charge >= 0.3 is 0 Å². The molecule has 4 heterocycles. The molecule has 1 saturated heterocycles. The van der Waals surface area contributed by atoms with Crippen molar-refractivity contribution < 1.29 is 0 Å². The van der Waals surface area contributed by atoms with Gasteiger partial charge in [-0.2, -0.15) is 0 Å². The number of aryl methyl sites for hydroxylation is 1. The van der Waals surface area contributed by atoms with E-state index in [9.17, 15) is 4.79 Å². The zero-order valence-electron chi connectivity index (χ0n) is 17.5. The predicted molar refractivity (Wildman–Crippen MR) is 115 cm³/mol. The molecule has 2 N–H and O–H groups in total. The first-order valence-electron chi connectivity index (χ1n) is 10.3. The van der Waals surface area contributed by atoms with Gasteiger partial charge in [0.2, 0.25) is 0 Å². The molecule has 0 radical (unpaired) electrons. The lowest BCUT2D eigenvalue weighted by molar-refractivity contribution is 0.454. The first-order valence-corrected chi connectivity index (χ1v) is 10.3. The normalized spacial score (nSPS) is 15.6. The van der Waals surface area contributed by atoms with Crippen LogP contribution in [0.15, 0.2) is 23.1 Å². The number of pyridine rings is 2. The Morgan fingerprint density at radius 3 is 2.54 bits per heavy atom. The van der Waals surface area contributed by atoms with Crippen molar-refractivity contribution in [2.75, 3.05) is 13.1 Å². The average Bonchev–Trinajstić information content (AvgIpc) is 3.08. The lowest BCUT2D eigenvalue weighted by Gasteiger charge is -2.22. The van der Waals surface area contributed by atoms with Crippen LogP contribution in [0.2, 0.25) is 0 Å². The van der Waals surface area contributed by atoms with Crippen LogP contribution in [0.1, 0.15) is 60.9 Å². The molecule has 5 nitrogen and oxygen atoms in total. The molecule has 3 aromatic rings. The molecule has 148 valence electrons. The maximum Gasteiger partial charge on any atom is 0.253 e. The van der Waals surface area contributed by atoms with Crippen LogP contribution in [0.3, 0.4) is 0 Å². The van der Waals surface area contributed by atoms with Crippen LogP contribution in [0.5, 0.6) is 0 Å². The van der Waals surface area contributed by atoms with Crippen molar-refractivity contribution in [3.8, 4) is 11.3 Å². The maximum atomic E-state index is 12.3. The smallest absolute Gasteiger partial charge is 0.253 e. The van der Waals surface area contributed by atoms with Crippen molar-refractivity contribution >= 4 is 11.0 Å². The quantitative estimate of drug-likeness (QED) is 0.720. The number of fused-ring (bicyclic) bond motifs is 1. The number of hydrogen-bond donors (Lipinski definition) is 2. The van der Waals surface area contributed by atoms with Crippen LogP contribution in [-0.2, 0) is 7.05 Å². The van der Waals surface area contributed by atoms with Gasteiger partial charge in [0.1, 0.15) is 0 Å². The molecule has 0 spiro atoms. The molecule has 0 unspecified atom stereocenters. The second-order valence-corrected chi connectivity index (χ2v) is 8.43. The van der Waals surface area contributed by atoms with E-state index in [1.807, 2.05) is 27.1 Å². The maximum absolute atomic E-state index is 12.3. The average molecular weight is 379 g/mol. The minimum absolute atomic E-state index is 0.0646. The summed E-state index contributed by atoms with van der Waals surface area (Å²) in [5, 5.41) is 3.44. The van der Waals surface area contributed by atoms with E-state index in [4.69, 9.17) is 4.98 Å². The summed E-state index contributed by atoms with van der Waals surface area (Å²) < 4.78 is 1.68. The second kappa shape index (κ2) is 7.21. The molecule has 3 aromatic heterocycles. The van der Waals surface area contributed by atoms with Crippen molar-refractivity contribution in [2.45, 2.75) is 52.4 Å². The third kappa shape index (κ3) is 3.08. The Labute approximate surface area is 166 Å². The molecule has 4 rings (SSSR count). The van der Waals surface area contributed by atoms with Crippen LogP contribution in [-0.4, -0.2) is 27.6 Å². The van der Waals surface area contributed by atoms with E-state index in [1.165, 1.54) is 11.3 Å². The highest BCUT2D eigenvalue weighted by molar-refractivity contribution is 5.89. The summed E-state index contributed by atoms with van der Waals surface area (Å²) in [5.41, 5.74) is 8.68. The molecule has 1 aliphatic heterocycles. The number of nitrogens with zero attached hydrogens (tertiary/aromatic N) is 2. The van der Waals surface area contributed by atoms with Gasteiger partial charge in [0, 0.05) is 41.5 Å². The Morgan fingerprint density at radius 2 is 1.86 bits per heavy atom. The highest BCUT2D eigenvalue weighted by atomic mass is 16.1. The fourth-order valence-corrected chi connectivity index (χ4v) is 4.45. The Morgan fingerprint density at radius 1 is 1.14 bits per heavy atom. The van der Waals surface area contributed by atoms with E-state index in [-0.39, 0.29) is 5.56 Å². The van der Waals surface area contributed by atoms with E-state index in [2.05, 4.69) is 36.3 Å². The number of aromatic nitrogens is 3. The topological polar surface area (TPSA) is 62.7 Å². The summed E-state index contributed by atoms with van der Waals surface area (Å²) in [5.74, 6) is 0.863. The Balaban J connectivity index is 1.93. The zero-order valence-corrected chi connectivity index (χ0v) is 17.5. The van der Waals surface area contributed by atoms with E-state index in [0.29, 0.717) is 11.8 Å². The van der Waals surface area contributed by atoms with Gasteiger partial charge in [-0.1, -0.05) is 13.8 Å². The molecule has 0 saturated carbocycles. The number of piperidine rings is 1. The molecule has 1 fully saturated rings. The molecular weight excluding hydrogens is 348 g/mol. The summed E-state index contributed by atoms with van der Waals surface area (Å²) in [6.45, 7) is 10.5. The Hall–Kier alpha value is -2.40. The third-order valence-electron chi connectivity index (χ3n) is 6.24. The summed E-state index contributed by atoms with van der Waals surface area (Å²) >= 11 is 0. The Kier molecular flexibility index (Phi) is 4.88. The molecule has 0 atom stereocenters. The fourth-order valence-electron chi connectivity index (χ4n) is 4.45. The van der Waals surface area contributed by atoms with E-state index in [1.54, 1.807) is 4.57 Å². The SMILES string of the molecule is Cc1c(-c2[nH]c3ccc(C4CCNCC4)nc3c2C(C)C)cn(C)c(=O)c1C. The lowest BCUT2D eigenvalue weighted by atomic mass is 9.93. The van der Waals surface area contributed by atoms with Gasteiger partial charge in [0.25, 0.3) is 5.56 Å². The molecule has 0 bridgehead atoms. The molecule has 0 aromatic carbocycles. The minimum Gasteiger partial charge on any atom is -0.353 e. The third-order valence-corrected chi connectivity index (χ3v) is 6.24. The first kappa shape index (κ1) is 18.9. The molecule has 28 heavy (non-hydrogen) atoms. The van der Waals surface area contributed by atoms with E-state index >= 15 is 0 Å². The molecule has 0 aliphatic carbocycles. The summed E-state index contributed by atoms with van der Waals surface area (Å²) in [7, 11) is 1.82. The number of aromatic amines is 1. The lowest BCUT2D eigenvalue weighted by Crippen LogP contribution is -2.27. The van der Waals surface area contributed by atoms with Crippen molar-refractivity contribution in [3.05, 3.63) is 51.1 Å². The zero-order chi connectivity index (χ0) is 20.0. The van der Waals surface area contributed by atoms with Gasteiger partial charge in [0.05, 0.1) is 16.7 Å². The first-order chi connectivity index (χ1) is 13.4. The second-order valence-electron chi connectivity index (χ2n) is 8.43. The fraction of sp³-hybridized carbons (Fsp3) is 0.478. The number of nitrogens with one attached hydrogen (secondary N) is 2. The highest BCUT2D eigenvalue weighted by Gasteiger charge is 2.22. The molecular formula is C23H30N4O.